The van der Waals surface area contributed by atoms with Crippen LogP contribution >= 0.6 is 11.8 Å². The summed E-state index contributed by atoms with van der Waals surface area (Å²) in [5.41, 5.74) is 3.22. The summed E-state index contributed by atoms with van der Waals surface area (Å²) < 4.78 is 2.69. The molecule has 8 heteroatoms. The van der Waals surface area contributed by atoms with Gasteiger partial charge >= 0.3 is 0 Å². The fourth-order valence-corrected chi connectivity index (χ4v) is 6.43. The van der Waals surface area contributed by atoms with Crippen LogP contribution in [0.4, 0.5) is 0 Å². The third-order valence-corrected chi connectivity index (χ3v) is 8.14. The van der Waals surface area contributed by atoms with Crippen molar-refractivity contribution in [1.29, 1.82) is 0 Å². The summed E-state index contributed by atoms with van der Waals surface area (Å²) in [6, 6.07) is 10.3. The number of rotatable bonds is 4. The van der Waals surface area contributed by atoms with E-state index in [2.05, 4.69) is 46.7 Å². The third-order valence-electron chi connectivity index (χ3n) is 7.17. The third kappa shape index (κ3) is 3.57. The van der Waals surface area contributed by atoms with E-state index in [9.17, 15) is 4.79 Å². The Bertz CT molecular complexity index is 1150. The molecule has 1 atom stereocenters. The average Bonchev–Trinajstić information content (AvgIpc) is 3.62. The van der Waals surface area contributed by atoms with E-state index < -0.39 is 0 Å². The largest absolute Gasteiger partial charge is 0.329 e. The molecule has 4 aliphatic heterocycles. The summed E-state index contributed by atoms with van der Waals surface area (Å²) in [5, 5.41) is 7.21. The van der Waals surface area contributed by atoms with Crippen molar-refractivity contribution in [3.05, 3.63) is 77.7 Å². The SMILES string of the molecule is Cc1nc(C2CCN([N@@+]34C=CC=C3C=C(C(=O)N3CCSC3)C4)CC2)n(-c2ccccc2)n1. The van der Waals surface area contributed by atoms with Gasteiger partial charge in [-0.1, -0.05) is 18.2 Å². The normalized spacial score (nSPS) is 25.4. The van der Waals surface area contributed by atoms with Gasteiger partial charge in [-0.2, -0.15) is 9.69 Å². The summed E-state index contributed by atoms with van der Waals surface area (Å²) in [5.74, 6) is 4.33. The van der Waals surface area contributed by atoms with Crippen molar-refractivity contribution in [2.45, 2.75) is 25.7 Å². The molecule has 0 aliphatic carbocycles. The number of quaternary nitrogens is 1. The predicted molar refractivity (Wildman–Crippen MR) is 129 cm³/mol. The zero-order chi connectivity index (χ0) is 22.4. The second-order valence-corrected chi connectivity index (χ2v) is 10.3. The zero-order valence-corrected chi connectivity index (χ0v) is 19.7. The number of aromatic nitrogens is 3. The van der Waals surface area contributed by atoms with E-state index in [1.807, 2.05) is 46.5 Å². The second kappa shape index (κ2) is 8.27. The van der Waals surface area contributed by atoms with E-state index in [4.69, 9.17) is 4.98 Å². The second-order valence-electron chi connectivity index (χ2n) is 9.19. The number of carbonyl (C=O) groups is 1. The quantitative estimate of drug-likeness (QED) is 0.654. The van der Waals surface area contributed by atoms with Crippen molar-refractivity contribution in [1.82, 2.24) is 24.7 Å². The molecule has 1 amide bonds. The van der Waals surface area contributed by atoms with E-state index in [0.29, 0.717) is 10.5 Å². The monoisotopic (exact) mass is 461 g/mol. The van der Waals surface area contributed by atoms with Crippen LogP contribution in [0, 0.1) is 6.92 Å². The number of carbonyl (C=O) groups excluding carboxylic acids is 1. The molecule has 0 unspecified atom stereocenters. The first-order valence-electron chi connectivity index (χ1n) is 11.7. The predicted octanol–water partition coefficient (Wildman–Crippen LogP) is 3.37. The van der Waals surface area contributed by atoms with Gasteiger partial charge in [0, 0.05) is 43.5 Å². The van der Waals surface area contributed by atoms with Gasteiger partial charge in [0.15, 0.2) is 5.70 Å². The van der Waals surface area contributed by atoms with E-state index in [1.165, 1.54) is 5.70 Å². The number of aryl methyl sites for hydroxylation is 1. The molecule has 4 aliphatic rings. The Balaban J connectivity index is 1.18. The summed E-state index contributed by atoms with van der Waals surface area (Å²) in [7, 11) is 0. The molecule has 1 aromatic heterocycles. The molecule has 0 saturated carbocycles. The highest BCUT2D eigenvalue weighted by molar-refractivity contribution is 7.99. The Hall–Kier alpha value is -2.68. The van der Waals surface area contributed by atoms with Gasteiger partial charge in [0.1, 0.15) is 24.4 Å². The average molecular weight is 462 g/mol. The van der Waals surface area contributed by atoms with Crippen molar-refractivity contribution >= 4 is 17.7 Å². The maximum atomic E-state index is 13.1. The Morgan fingerprint density at radius 3 is 2.73 bits per heavy atom. The Kier molecular flexibility index (Phi) is 5.24. The smallest absolute Gasteiger partial charge is 0.256 e. The lowest BCUT2D eigenvalue weighted by Crippen LogP contribution is -2.56. The van der Waals surface area contributed by atoms with Gasteiger partial charge in [0.2, 0.25) is 0 Å². The molecule has 6 rings (SSSR count). The Morgan fingerprint density at radius 1 is 1.15 bits per heavy atom. The van der Waals surface area contributed by atoms with E-state index in [0.717, 1.165) is 73.6 Å². The molecule has 0 spiro atoms. The topological polar surface area (TPSA) is 54.3 Å². The van der Waals surface area contributed by atoms with Crippen molar-refractivity contribution in [3.63, 3.8) is 0 Å². The van der Waals surface area contributed by atoms with Crippen LogP contribution in [0.2, 0.25) is 0 Å². The minimum absolute atomic E-state index is 0.211. The van der Waals surface area contributed by atoms with Crippen LogP contribution in [0.3, 0.4) is 0 Å². The number of allylic oxidation sites excluding steroid dienone is 3. The maximum Gasteiger partial charge on any atom is 0.256 e. The standard InChI is InChI=1S/C25H29N6OS/c1-19-26-24(30(27-19)22-6-3-2-4-7-22)20-9-11-29(12-10-20)31-14-5-8-23(31)16-21(17-31)25(32)28-13-15-33-18-28/h2-8,14,16,20H,9-13,15,17-18H2,1H3/q+1/t31-/m1/s1. The fraction of sp³-hybridized carbons (Fsp3) is 0.400. The van der Waals surface area contributed by atoms with Crippen molar-refractivity contribution in [2.24, 2.45) is 0 Å². The van der Waals surface area contributed by atoms with Crippen LogP contribution < -0.4 is 0 Å². The lowest BCUT2D eigenvalue weighted by molar-refractivity contribution is -0.949. The minimum atomic E-state index is 0.211. The van der Waals surface area contributed by atoms with E-state index >= 15 is 0 Å². The van der Waals surface area contributed by atoms with Gasteiger partial charge in [0.05, 0.1) is 17.1 Å². The van der Waals surface area contributed by atoms with E-state index in [1.54, 1.807) is 0 Å². The van der Waals surface area contributed by atoms with Crippen LogP contribution in [-0.4, -0.2) is 73.0 Å². The number of benzene rings is 1. The molecule has 7 nitrogen and oxygen atoms in total. The molecule has 5 heterocycles. The molecule has 2 fully saturated rings. The minimum Gasteiger partial charge on any atom is -0.329 e. The molecular formula is C25H29N6OS+. The molecule has 1 aromatic carbocycles. The van der Waals surface area contributed by atoms with E-state index in [-0.39, 0.29) is 5.91 Å². The Labute approximate surface area is 198 Å². The number of nitrogens with zero attached hydrogens (tertiary/aromatic N) is 6. The van der Waals surface area contributed by atoms with Crippen LogP contribution in [-0.2, 0) is 4.79 Å². The van der Waals surface area contributed by atoms with Crippen molar-refractivity contribution in [3.8, 4) is 5.69 Å². The highest BCUT2D eigenvalue weighted by Crippen LogP contribution is 2.40. The first kappa shape index (κ1) is 20.9. The number of amides is 1. The van der Waals surface area contributed by atoms with Gasteiger partial charge in [-0.3, -0.25) is 4.79 Å². The number of piperidine rings is 1. The fourth-order valence-electron chi connectivity index (χ4n) is 5.49. The first-order valence-corrected chi connectivity index (χ1v) is 12.9. The highest BCUT2D eigenvalue weighted by atomic mass is 32.2. The lowest BCUT2D eigenvalue weighted by Gasteiger charge is -2.42. The number of para-hydroxylation sites is 1. The summed E-state index contributed by atoms with van der Waals surface area (Å²) in [4.78, 5) is 19.9. The molecule has 0 bridgehead atoms. The van der Waals surface area contributed by atoms with Crippen LogP contribution in [0.25, 0.3) is 5.69 Å². The van der Waals surface area contributed by atoms with Gasteiger partial charge in [-0.05, 0) is 38.0 Å². The molecule has 2 aromatic rings. The summed E-state index contributed by atoms with van der Waals surface area (Å²) >= 11 is 1.84. The molecule has 0 N–H and O–H groups in total. The molecule has 0 radical (unpaired) electrons. The highest BCUT2D eigenvalue weighted by Gasteiger charge is 2.48. The molecule has 33 heavy (non-hydrogen) atoms. The van der Waals surface area contributed by atoms with Crippen molar-refractivity contribution in [2.75, 3.05) is 37.8 Å². The number of thioether (sulfide) groups is 1. The van der Waals surface area contributed by atoms with Crippen LogP contribution in [0.1, 0.15) is 30.4 Å². The van der Waals surface area contributed by atoms with Crippen LogP contribution in [0.15, 0.2) is 66.0 Å². The van der Waals surface area contributed by atoms with Gasteiger partial charge < -0.3 is 4.90 Å². The zero-order valence-electron chi connectivity index (χ0n) is 18.9. The maximum absolute atomic E-state index is 13.1. The number of hydrogen-bond acceptors (Lipinski definition) is 5. The lowest BCUT2D eigenvalue weighted by atomic mass is 9.96. The first-order chi connectivity index (χ1) is 16.1. The van der Waals surface area contributed by atoms with Gasteiger partial charge in [0.25, 0.3) is 5.91 Å². The summed E-state index contributed by atoms with van der Waals surface area (Å²) in [6.07, 6.45) is 10.7. The molecule has 170 valence electrons. The van der Waals surface area contributed by atoms with Crippen molar-refractivity contribution < 1.29 is 9.39 Å². The Morgan fingerprint density at radius 2 is 1.97 bits per heavy atom. The molecule has 2 saturated heterocycles. The summed E-state index contributed by atoms with van der Waals surface area (Å²) in [6.45, 7) is 5.48. The van der Waals surface area contributed by atoms with Crippen LogP contribution in [0.5, 0.6) is 0 Å². The molecular weight excluding hydrogens is 432 g/mol. The number of hydrogen-bond donors (Lipinski definition) is 0. The number of fused-ring (bicyclic) bond motifs is 1. The van der Waals surface area contributed by atoms with Gasteiger partial charge in [-0.15, -0.1) is 16.8 Å². The van der Waals surface area contributed by atoms with Gasteiger partial charge in [-0.25, -0.2) is 9.67 Å².